The topological polar surface area (TPSA) is 4.93 Å². The van der Waals surface area contributed by atoms with Gasteiger partial charge in [-0.15, -0.1) is 11.3 Å². The first kappa shape index (κ1) is 36.1. The van der Waals surface area contributed by atoms with Gasteiger partial charge in [0.1, 0.15) is 0 Å². The molecule has 0 aliphatic heterocycles. The van der Waals surface area contributed by atoms with Gasteiger partial charge in [0.15, 0.2) is 0 Å². The largest absolute Gasteiger partial charge is 0.309 e. The molecule has 10 aromatic carbocycles. The second kappa shape index (κ2) is 15.0. The molecule has 2 heterocycles. The molecule has 2 aromatic heterocycles. The molecule has 0 unspecified atom stereocenters. The Bertz CT molecular complexity index is 3570. The van der Waals surface area contributed by atoms with E-state index >= 15 is 0 Å². The molecule has 0 saturated heterocycles. The van der Waals surface area contributed by atoms with Crippen molar-refractivity contribution in [1.29, 1.82) is 0 Å². The monoisotopic (exact) mass is 805 g/mol. The molecule has 0 radical (unpaired) electrons. The summed E-state index contributed by atoms with van der Waals surface area (Å²) in [6.07, 6.45) is 0. The molecule has 62 heavy (non-hydrogen) atoms. The number of rotatable bonds is 7. The van der Waals surface area contributed by atoms with Gasteiger partial charge in [-0.2, -0.15) is 0 Å². The smallest absolute Gasteiger partial charge is 0.0632 e. The van der Waals surface area contributed by atoms with Crippen LogP contribution in [-0.4, -0.2) is 4.57 Å². The molecule has 12 rings (SSSR count). The number of para-hydroxylation sites is 1. The summed E-state index contributed by atoms with van der Waals surface area (Å²) in [5, 5.41) is 5.10. The minimum Gasteiger partial charge on any atom is -0.309 e. The zero-order valence-electron chi connectivity index (χ0n) is 33.9. The minimum atomic E-state index is 1.13. The van der Waals surface area contributed by atoms with Crippen LogP contribution < -0.4 is 0 Å². The van der Waals surface area contributed by atoms with Crippen molar-refractivity contribution < 1.29 is 0 Å². The van der Waals surface area contributed by atoms with Crippen molar-refractivity contribution in [3.05, 3.63) is 237 Å². The van der Waals surface area contributed by atoms with Gasteiger partial charge in [0.05, 0.1) is 11.0 Å². The number of thiophene rings is 1. The van der Waals surface area contributed by atoms with E-state index in [2.05, 4.69) is 241 Å². The Morgan fingerprint density at radius 2 is 0.790 bits per heavy atom. The fourth-order valence-corrected chi connectivity index (χ4v) is 10.9. The first-order valence-corrected chi connectivity index (χ1v) is 22.1. The lowest BCUT2D eigenvalue weighted by molar-refractivity contribution is 1.18. The summed E-state index contributed by atoms with van der Waals surface area (Å²) in [4.78, 5) is 0. The first-order chi connectivity index (χ1) is 30.8. The Labute approximate surface area is 365 Å². The molecule has 0 spiro atoms. The van der Waals surface area contributed by atoms with E-state index in [1.54, 1.807) is 0 Å². The molecule has 290 valence electrons. The Kier molecular flexibility index (Phi) is 8.76. The molecular formula is C60H39NS. The predicted octanol–water partition coefficient (Wildman–Crippen LogP) is 17.2. The molecule has 1 nitrogen and oxygen atoms in total. The van der Waals surface area contributed by atoms with Crippen LogP contribution >= 0.6 is 11.3 Å². The summed E-state index contributed by atoms with van der Waals surface area (Å²) in [5.74, 6) is 0. The van der Waals surface area contributed by atoms with Crippen molar-refractivity contribution >= 4 is 53.3 Å². The fraction of sp³-hybridized carbons (Fsp3) is 0. The third-order valence-corrected chi connectivity index (χ3v) is 13.6. The standard InChI is InChI=1S/C60H39NS/c1-6-19-42(20-7-1)54-55(43-21-8-2-9-22-43)57(45-25-12-4-13-26-45)59-58(56(54)44-23-10-3-11-24-44)51-39-46(37-38-52(51)61(59)47-27-14-5-15-28-47)40-33-35-41(36-34-40)48-30-18-31-50-49-29-16-17-32-53(49)62-60(48)50/h1-39H. The van der Waals surface area contributed by atoms with Crippen LogP contribution in [-0.2, 0) is 0 Å². The van der Waals surface area contributed by atoms with Gasteiger partial charge in [-0.25, -0.2) is 0 Å². The van der Waals surface area contributed by atoms with Crippen LogP contribution in [0.2, 0.25) is 0 Å². The van der Waals surface area contributed by atoms with Gasteiger partial charge in [-0.1, -0.05) is 206 Å². The second-order valence-corrected chi connectivity index (χ2v) is 17.0. The van der Waals surface area contributed by atoms with Crippen molar-refractivity contribution in [2.24, 2.45) is 0 Å². The van der Waals surface area contributed by atoms with Crippen molar-refractivity contribution in [1.82, 2.24) is 4.57 Å². The molecule has 0 bridgehead atoms. The van der Waals surface area contributed by atoms with Gasteiger partial charge >= 0.3 is 0 Å². The van der Waals surface area contributed by atoms with Gasteiger partial charge in [0.2, 0.25) is 0 Å². The zero-order chi connectivity index (χ0) is 41.0. The van der Waals surface area contributed by atoms with Crippen molar-refractivity contribution in [2.45, 2.75) is 0 Å². The van der Waals surface area contributed by atoms with Crippen molar-refractivity contribution in [3.63, 3.8) is 0 Å². The van der Waals surface area contributed by atoms with Crippen LogP contribution in [0.4, 0.5) is 0 Å². The molecule has 0 saturated carbocycles. The third-order valence-electron chi connectivity index (χ3n) is 12.4. The summed E-state index contributed by atoms with van der Waals surface area (Å²) < 4.78 is 5.17. The van der Waals surface area contributed by atoms with Crippen LogP contribution in [0.25, 0.3) is 114 Å². The summed E-state index contributed by atoms with van der Waals surface area (Å²) in [7, 11) is 0. The number of aromatic nitrogens is 1. The molecule has 12 aromatic rings. The van der Waals surface area contributed by atoms with E-state index in [1.165, 1.54) is 109 Å². The zero-order valence-corrected chi connectivity index (χ0v) is 34.7. The molecule has 0 atom stereocenters. The highest BCUT2D eigenvalue weighted by Crippen LogP contribution is 2.54. The highest BCUT2D eigenvalue weighted by Gasteiger charge is 2.29. The van der Waals surface area contributed by atoms with Crippen molar-refractivity contribution in [3.8, 4) is 72.4 Å². The maximum absolute atomic E-state index is 2.51. The number of nitrogens with zero attached hydrogens (tertiary/aromatic N) is 1. The lowest BCUT2D eigenvalue weighted by atomic mass is 9.80. The maximum Gasteiger partial charge on any atom is 0.0632 e. The summed E-state index contributed by atoms with van der Waals surface area (Å²) in [6.45, 7) is 0. The van der Waals surface area contributed by atoms with Crippen molar-refractivity contribution in [2.75, 3.05) is 0 Å². The SMILES string of the molecule is c1ccc(-c2c(-c3ccccc3)c(-c3ccccc3)c3c(c2-c2ccccc2)c2cc(-c4ccc(-c5cccc6c5sc5ccccc56)cc4)ccc2n3-c2ccccc2)cc1. The van der Waals surface area contributed by atoms with Crippen LogP contribution in [0, 0.1) is 0 Å². The molecule has 0 aliphatic carbocycles. The Morgan fingerprint density at radius 1 is 0.306 bits per heavy atom. The minimum absolute atomic E-state index is 1.13. The van der Waals surface area contributed by atoms with Gasteiger partial charge in [0, 0.05) is 53.3 Å². The quantitative estimate of drug-likeness (QED) is 0.151. The van der Waals surface area contributed by atoms with Gasteiger partial charge < -0.3 is 4.57 Å². The fourth-order valence-electron chi connectivity index (χ4n) is 9.68. The van der Waals surface area contributed by atoms with E-state index in [0.29, 0.717) is 0 Å². The van der Waals surface area contributed by atoms with Crippen LogP contribution in [0.1, 0.15) is 0 Å². The lowest BCUT2D eigenvalue weighted by Gasteiger charge is -2.24. The highest BCUT2D eigenvalue weighted by atomic mass is 32.1. The van der Waals surface area contributed by atoms with Crippen LogP contribution in [0.3, 0.4) is 0 Å². The van der Waals surface area contributed by atoms with E-state index in [0.717, 1.165) is 5.69 Å². The molecular weight excluding hydrogens is 767 g/mol. The number of hydrogen-bond donors (Lipinski definition) is 0. The average Bonchev–Trinajstić information content (AvgIpc) is 3.91. The summed E-state index contributed by atoms with van der Waals surface area (Å²) in [5.41, 5.74) is 18.0. The number of benzene rings is 10. The van der Waals surface area contributed by atoms with E-state index in [1.807, 2.05) is 11.3 Å². The summed E-state index contributed by atoms with van der Waals surface area (Å²) in [6, 6.07) is 86.7. The average molecular weight is 806 g/mol. The van der Waals surface area contributed by atoms with Crippen LogP contribution in [0.15, 0.2) is 237 Å². The second-order valence-electron chi connectivity index (χ2n) is 15.9. The van der Waals surface area contributed by atoms with E-state index in [4.69, 9.17) is 0 Å². The molecule has 0 fully saturated rings. The van der Waals surface area contributed by atoms with Gasteiger partial charge in [0.25, 0.3) is 0 Å². The molecule has 2 heteroatoms. The first-order valence-electron chi connectivity index (χ1n) is 21.3. The molecule has 0 amide bonds. The Morgan fingerprint density at radius 3 is 1.42 bits per heavy atom. The molecule has 0 aliphatic rings. The van der Waals surface area contributed by atoms with E-state index in [9.17, 15) is 0 Å². The molecule has 0 N–H and O–H groups in total. The number of fused-ring (bicyclic) bond motifs is 6. The third kappa shape index (κ3) is 5.91. The Hall–Kier alpha value is -7.78. The predicted molar refractivity (Wildman–Crippen MR) is 266 cm³/mol. The van der Waals surface area contributed by atoms with E-state index < -0.39 is 0 Å². The maximum atomic E-state index is 2.51. The van der Waals surface area contributed by atoms with Crippen LogP contribution in [0.5, 0.6) is 0 Å². The lowest BCUT2D eigenvalue weighted by Crippen LogP contribution is -2.00. The van der Waals surface area contributed by atoms with E-state index in [-0.39, 0.29) is 0 Å². The normalized spacial score (nSPS) is 11.5. The summed E-state index contributed by atoms with van der Waals surface area (Å²) >= 11 is 1.88. The number of hydrogen-bond acceptors (Lipinski definition) is 1. The Balaban J connectivity index is 1.19. The van der Waals surface area contributed by atoms with Gasteiger partial charge in [-0.05, 0) is 80.4 Å². The van der Waals surface area contributed by atoms with Gasteiger partial charge in [-0.3, -0.25) is 0 Å². The highest BCUT2D eigenvalue weighted by molar-refractivity contribution is 7.26.